The Morgan fingerprint density at radius 3 is 2.42 bits per heavy atom. The number of aromatic nitrogens is 2. The molecule has 0 saturated heterocycles. The molecule has 2 N–H and O–H groups in total. The van der Waals surface area contributed by atoms with Gasteiger partial charge in [-0.3, -0.25) is 0 Å². The van der Waals surface area contributed by atoms with E-state index in [1.165, 1.54) is 0 Å². The largest absolute Gasteiger partial charge is 0.495 e. The molecule has 0 bridgehead atoms. The van der Waals surface area contributed by atoms with Gasteiger partial charge in [0.25, 0.3) is 0 Å². The maximum Gasteiger partial charge on any atom is 0.229 e. The van der Waals surface area contributed by atoms with Gasteiger partial charge in [0, 0.05) is 11.8 Å². The van der Waals surface area contributed by atoms with Crippen LogP contribution in [-0.2, 0) is 0 Å². The monoisotopic (exact) mass is 360 g/mol. The maximum absolute atomic E-state index is 13.8. The molecule has 3 aromatic rings. The number of para-hydroxylation sites is 2. The van der Waals surface area contributed by atoms with Crippen molar-refractivity contribution in [1.29, 1.82) is 0 Å². The van der Waals surface area contributed by atoms with Crippen LogP contribution in [0.5, 0.6) is 5.75 Å². The molecule has 0 aliphatic rings. The molecule has 2 aromatic carbocycles. The van der Waals surface area contributed by atoms with Gasteiger partial charge in [0.15, 0.2) is 17.5 Å². The van der Waals surface area contributed by atoms with Crippen LogP contribution in [0, 0.1) is 24.4 Å². The van der Waals surface area contributed by atoms with Crippen LogP contribution in [0.2, 0.25) is 0 Å². The minimum atomic E-state index is -1.56. The van der Waals surface area contributed by atoms with E-state index in [4.69, 9.17) is 4.74 Å². The lowest BCUT2D eigenvalue weighted by Gasteiger charge is -2.12. The first-order valence-corrected chi connectivity index (χ1v) is 7.64. The van der Waals surface area contributed by atoms with Gasteiger partial charge in [0.05, 0.1) is 18.5 Å². The van der Waals surface area contributed by atoms with Crippen molar-refractivity contribution in [3.63, 3.8) is 0 Å². The number of halogens is 3. The highest BCUT2D eigenvalue weighted by Crippen LogP contribution is 2.27. The fourth-order valence-corrected chi connectivity index (χ4v) is 2.32. The molecule has 0 radical (unpaired) electrons. The molecule has 1 aromatic heterocycles. The van der Waals surface area contributed by atoms with E-state index in [0.29, 0.717) is 22.9 Å². The predicted molar refractivity (Wildman–Crippen MR) is 92.6 cm³/mol. The minimum Gasteiger partial charge on any atom is -0.495 e. The zero-order valence-electron chi connectivity index (χ0n) is 14.0. The molecule has 0 unspecified atom stereocenters. The number of hydrogen-bond acceptors (Lipinski definition) is 5. The van der Waals surface area contributed by atoms with Crippen LogP contribution in [0.15, 0.2) is 42.5 Å². The van der Waals surface area contributed by atoms with Crippen LogP contribution in [0.1, 0.15) is 5.69 Å². The molecular formula is C18H15F3N4O. The molecule has 3 rings (SSSR count). The average molecular weight is 360 g/mol. The third-order valence-corrected chi connectivity index (χ3v) is 3.51. The van der Waals surface area contributed by atoms with Crippen molar-refractivity contribution in [2.45, 2.75) is 6.92 Å². The smallest absolute Gasteiger partial charge is 0.229 e. The molecule has 0 aliphatic carbocycles. The molecule has 0 spiro atoms. The molecule has 5 nitrogen and oxygen atoms in total. The summed E-state index contributed by atoms with van der Waals surface area (Å²) in [4.78, 5) is 8.35. The zero-order chi connectivity index (χ0) is 18.7. The van der Waals surface area contributed by atoms with Crippen LogP contribution in [0.3, 0.4) is 0 Å². The summed E-state index contributed by atoms with van der Waals surface area (Å²) in [6.07, 6.45) is 0. The van der Waals surface area contributed by atoms with Gasteiger partial charge in [0.2, 0.25) is 5.95 Å². The summed E-state index contributed by atoms with van der Waals surface area (Å²) in [5.74, 6) is -3.09. The average Bonchev–Trinajstić information content (AvgIpc) is 2.62. The third kappa shape index (κ3) is 3.69. The summed E-state index contributed by atoms with van der Waals surface area (Å²) in [5, 5.41) is 5.64. The molecule has 0 fully saturated rings. The van der Waals surface area contributed by atoms with Crippen molar-refractivity contribution < 1.29 is 17.9 Å². The van der Waals surface area contributed by atoms with E-state index in [-0.39, 0.29) is 11.6 Å². The van der Waals surface area contributed by atoms with Gasteiger partial charge in [-0.1, -0.05) is 12.1 Å². The third-order valence-electron chi connectivity index (χ3n) is 3.51. The van der Waals surface area contributed by atoms with Gasteiger partial charge in [0.1, 0.15) is 11.6 Å². The van der Waals surface area contributed by atoms with Gasteiger partial charge < -0.3 is 15.4 Å². The topological polar surface area (TPSA) is 59.1 Å². The van der Waals surface area contributed by atoms with Gasteiger partial charge in [-0.25, -0.2) is 18.2 Å². The van der Waals surface area contributed by atoms with Crippen LogP contribution >= 0.6 is 0 Å². The van der Waals surface area contributed by atoms with E-state index in [1.54, 1.807) is 32.2 Å². The first-order chi connectivity index (χ1) is 12.5. The molecule has 0 atom stereocenters. The van der Waals surface area contributed by atoms with E-state index < -0.39 is 17.5 Å². The number of anilines is 4. The molecule has 1 heterocycles. The Hall–Kier alpha value is -3.29. The van der Waals surface area contributed by atoms with Crippen molar-refractivity contribution in [2.75, 3.05) is 17.7 Å². The Morgan fingerprint density at radius 2 is 1.65 bits per heavy atom. The summed E-state index contributed by atoms with van der Waals surface area (Å²) in [6, 6.07) is 10.8. The number of methoxy groups -OCH3 is 1. The standard InChI is InChI=1S/C18H15F3N4O/c1-10-9-15(23-12-5-3-4-6-14(12)26-2)25-18(22-10)24-13-8-7-11(19)16(20)17(13)21/h3-9H,1-2H3,(H2,22,23,24,25). The Bertz CT molecular complexity index is 950. The van der Waals surface area contributed by atoms with Crippen LogP contribution in [-0.4, -0.2) is 17.1 Å². The first-order valence-electron chi connectivity index (χ1n) is 7.64. The van der Waals surface area contributed by atoms with E-state index in [9.17, 15) is 13.2 Å². The highest BCUT2D eigenvalue weighted by atomic mass is 19.2. The fraction of sp³-hybridized carbons (Fsp3) is 0.111. The Balaban J connectivity index is 1.90. The summed E-state index contributed by atoms with van der Waals surface area (Å²) in [7, 11) is 1.55. The van der Waals surface area contributed by atoms with Crippen LogP contribution in [0.4, 0.5) is 36.3 Å². The lowest BCUT2D eigenvalue weighted by atomic mass is 10.3. The second kappa shape index (κ2) is 7.30. The molecule has 0 saturated carbocycles. The number of benzene rings is 2. The lowest BCUT2D eigenvalue weighted by molar-refractivity contribution is 0.417. The van der Waals surface area contributed by atoms with Crippen LogP contribution < -0.4 is 15.4 Å². The van der Waals surface area contributed by atoms with Gasteiger partial charge in [-0.2, -0.15) is 4.98 Å². The van der Waals surface area contributed by atoms with Crippen molar-refractivity contribution >= 4 is 23.1 Å². The second-order valence-electron chi connectivity index (χ2n) is 5.39. The number of rotatable bonds is 5. The lowest BCUT2D eigenvalue weighted by Crippen LogP contribution is -2.05. The Labute approximate surface area is 147 Å². The zero-order valence-corrected chi connectivity index (χ0v) is 14.0. The first kappa shape index (κ1) is 17.5. The maximum atomic E-state index is 13.8. The second-order valence-corrected chi connectivity index (χ2v) is 5.39. The number of nitrogens with zero attached hydrogens (tertiary/aromatic N) is 2. The molecule has 0 amide bonds. The number of aryl methyl sites for hydroxylation is 1. The molecule has 8 heteroatoms. The van der Waals surface area contributed by atoms with Crippen LogP contribution in [0.25, 0.3) is 0 Å². The van der Waals surface area contributed by atoms with E-state index in [2.05, 4.69) is 20.6 Å². The van der Waals surface area contributed by atoms with E-state index >= 15 is 0 Å². The summed E-state index contributed by atoms with van der Waals surface area (Å²) in [5.41, 5.74) is 0.999. The highest BCUT2D eigenvalue weighted by Gasteiger charge is 2.15. The van der Waals surface area contributed by atoms with Gasteiger partial charge >= 0.3 is 0 Å². The summed E-state index contributed by atoms with van der Waals surface area (Å²) >= 11 is 0. The highest BCUT2D eigenvalue weighted by molar-refractivity contribution is 5.65. The molecule has 26 heavy (non-hydrogen) atoms. The van der Waals surface area contributed by atoms with E-state index in [0.717, 1.165) is 12.1 Å². The number of nitrogens with one attached hydrogen (secondary N) is 2. The SMILES string of the molecule is COc1ccccc1Nc1cc(C)nc(Nc2ccc(F)c(F)c2F)n1. The molecular weight excluding hydrogens is 345 g/mol. The summed E-state index contributed by atoms with van der Waals surface area (Å²) < 4.78 is 45.5. The van der Waals surface area contributed by atoms with Crippen molar-refractivity contribution in [1.82, 2.24) is 9.97 Å². The van der Waals surface area contributed by atoms with Crippen molar-refractivity contribution in [2.24, 2.45) is 0 Å². The minimum absolute atomic E-state index is 0.0345. The Kier molecular flexibility index (Phi) is 4.92. The van der Waals surface area contributed by atoms with E-state index in [1.807, 2.05) is 12.1 Å². The van der Waals surface area contributed by atoms with Gasteiger partial charge in [-0.15, -0.1) is 0 Å². The van der Waals surface area contributed by atoms with Crippen molar-refractivity contribution in [3.8, 4) is 5.75 Å². The molecule has 0 aliphatic heterocycles. The predicted octanol–water partition coefficient (Wildman–Crippen LogP) is 4.70. The quantitative estimate of drug-likeness (QED) is 0.646. The molecule has 134 valence electrons. The Morgan fingerprint density at radius 1 is 0.885 bits per heavy atom. The number of hydrogen-bond donors (Lipinski definition) is 2. The number of ether oxygens (including phenoxy) is 1. The fourth-order valence-electron chi connectivity index (χ4n) is 2.32. The summed E-state index contributed by atoms with van der Waals surface area (Å²) in [6.45, 7) is 1.72. The normalized spacial score (nSPS) is 10.5. The van der Waals surface area contributed by atoms with Gasteiger partial charge in [-0.05, 0) is 31.2 Å². The van der Waals surface area contributed by atoms with Crippen molar-refractivity contribution in [3.05, 3.63) is 65.6 Å².